The van der Waals surface area contributed by atoms with Crippen LogP contribution >= 0.6 is 0 Å². The lowest BCUT2D eigenvalue weighted by Gasteiger charge is -2.25. The topological polar surface area (TPSA) is 107 Å². The minimum Gasteiger partial charge on any atom is -0.382 e. The summed E-state index contributed by atoms with van der Waals surface area (Å²) >= 11 is 0. The molecule has 1 aliphatic rings. The number of fused-ring (bicyclic) bond motifs is 1. The number of aryl methyl sites for hydroxylation is 1. The van der Waals surface area contributed by atoms with Gasteiger partial charge in [0.25, 0.3) is 5.91 Å². The second-order valence-electron chi connectivity index (χ2n) is 6.17. The van der Waals surface area contributed by atoms with Gasteiger partial charge in [0.1, 0.15) is 0 Å². The molecule has 0 saturated carbocycles. The normalized spacial score (nSPS) is 15.9. The average molecular weight is 346 g/mol. The van der Waals surface area contributed by atoms with Gasteiger partial charge < -0.3 is 11.1 Å². The standard InChI is InChI=1S/C19H18N6O/c20-17-16(21-9-10-22-17)19(26)25-15-8-4-7-14-13(15)11-23-18(24-14)12-5-2-1-3-6-12/h1-3,5-6,9-11,15H,4,7-8H2,(H2,20,22)(H,25,26)/t15-/m1/s1. The monoisotopic (exact) mass is 346 g/mol. The highest BCUT2D eigenvalue weighted by molar-refractivity contribution is 5.96. The summed E-state index contributed by atoms with van der Waals surface area (Å²) in [4.78, 5) is 29.6. The highest BCUT2D eigenvalue weighted by Crippen LogP contribution is 2.29. The molecule has 2 aromatic heterocycles. The number of carbonyl (C=O) groups is 1. The fourth-order valence-electron chi connectivity index (χ4n) is 3.17. The zero-order valence-corrected chi connectivity index (χ0v) is 14.1. The number of nitrogen functional groups attached to an aromatic ring is 1. The van der Waals surface area contributed by atoms with Gasteiger partial charge in [-0.25, -0.2) is 19.9 Å². The molecule has 1 amide bonds. The smallest absolute Gasteiger partial charge is 0.274 e. The number of hydrogen-bond acceptors (Lipinski definition) is 6. The molecule has 1 aliphatic carbocycles. The Morgan fingerprint density at radius 3 is 2.73 bits per heavy atom. The fourth-order valence-corrected chi connectivity index (χ4v) is 3.17. The largest absolute Gasteiger partial charge is 0.382 e. The summed E-state index contributed by atoms with van der Waals surface area (Å²) in [5.41, 5.74) is 8.79. The molecule has 1 atom stereocenters. The van der Waals surface area contributed by atoms with Crippen molar-refractivity contribution < 1.29 is 4.79 Å². The lowest BCUT2D eigenvalue weighted by Crippen LogP contribution is -2.32. The number of amides is 1. The molecule has 4 rings (SSSR count). The first kappa shape index (κ1) is 16.1. The number of hydrogen-bond donors (Lipinski definition) is 2. The summed E-state index contributed by atoms with van der Waals surface area (Å²) in [6, 6.07) is 9.71. The fraction of sp³-hybridized carbons (Fsp3) is 0.211. The number of anilines is 1. The quantitative estimate of drug-likeness (QED) is 0.754. The molecule has 0 bridgehead atoms. The van der Waals surface area contributed by atoms with Crippen molar-refractivity contribution in [3.05, 3.63) is 65.9 Å². The van der Waals surface area contributed by atoms with Crippen LogP contribution < -0.4 is 11.1 Å². The molecule has 3 N–H and O–H groups in total. The highest BCUT2D eigenvalue weighted by Gasteiger charge is 2.25. The third-order valence-corrected chi connectivity index (χ3v) is 4.46. The number of nitrogens with one attached hydrogen (secondary N) is 1. The number of rotatable bonds is 3. The van der Waals surface area contributed by atoms with Crippen LogP contribution in [0, 0.1) is 0 Å². The molecule has 2 heterocycles. The molecule has 26 heavy (non-hydrogen) atoms. The maximum atomic E-state index is 12.5. The summed E-state index contributed by atoms with van der Waals surface area (Å²) in [5.74, 6) is 0.492. The zero-order valence-electron chi connectivity index (χ0n) is 14.1. The van der Waals surface area contributed by atoms with Crippen LogP contribution in [0.5, 0.6) is 0 Å². The van der Waals surface area contributed by atoms with Gasteiger partial charge in [-0.05, 0) is 19.3 Å². The molecular formula is C19H18N6O. The first-order valence-electron chi connectivity index (χ1n) is 8.51. The summed E-state index contributed by atoms with van der Waals surface area (Å²) in [6.45, 7) is 0. The van der Waals surface area contributed by atoms with Crippen LogP contribution in [-0.4, -0.2) is 25.8 Å². The highest BCUT2D eigenvalue weighted by atomic mass is 16.2. The van der Waals surface area contributed by atoms with E-state index >= 15 is 0 Å². The molecule has 0 unspecified atom stereocenters. The number of benzene rings is 1. The molecule has 130 valence electrons. The number of carbonyl (C=O) groups excluding carboxylic acids is 1. The van der Waals surface area contributed by atoms with E-state index in [1.165, 1.54) is 12.4 Å². The maximum absolute atomic E-state index is 12.5. The van der Waals surface area contributed by atoms with Gasteiger partial charge in [0, 0.05) is 35.4 Å². The lowest BCUT2D eigenvalue weighted by atomic mass is 9.92. The van der Waals surface area contributed by atoms with Crippen LogP contribution in [-0.2, 0) is 6.42 Å². The third kappa shape index (κ3) is 3.11. The number of nitrogens with zero attached hydrogens (tertiary/aromatic N) is 4. The Balaban J connectivity index is 1.60. The minimum absolute atomic E-state index is 0.122. The van der Waals surface area contributed by atoms with Crippen LogP contribution in [0.2, 0.25) is 0 Å². The van der Waals surface area contributed by atoms with Crippen molar-refractivity contribution in [2.24, 2.45) is 0 Å². The molecule has 3 aromatic rings. The van der Waals surface area contributed by atoms with Crippen molar-refractivity contribution >= 4 is 11.7 Å². The second-order valence-corrected chi connectivity index (χ2v) is 6.17. The van der Waals surface area contributed by atoms with Crippen molar-refractivity contribution in [1.82, 2.24) is 25.3 Å². The Kier molecular flexibility index (Phi) is 4.27. The molecule has 0 aliphatic heterocycles. The molecular weight excluding hydrogens is 328 g/mol. The van der Waals surface area contributed by atoms with Gasteiger partial charge in [0.05, 0.1) is 6.04 Å². The van der Waals surface area contributed by atoms with Crippen molar-refractivity contribution in [1.29, 1.82) is 0 Å². The third-order valence-electron chi connectivity index (χ3n) is 4.46. The van der Waals surface area contributed by atoms with Crippen molar-refractivity contribution in [2.75, 3.05) is 5.73 Å². The van der Waals surface area contributed by atoms with Gasteiger partial charge >= 0.3 is 0 Å². The number of nitrogens with two attached hydrogens (primary N) is 1. The van der Waals surface area contributed by atoms with E-state index in [1.54, 1.807) is 0 Å². The average Bonchev–Trinajstić information content (AvgIpc) is 2.69. The molecule has 7 nitrogen and oxygen atoms in total. The van der Waals surface area contributed by atoms with E-state index in [1.807, 2.05) is 36.5 Å². The first-order chi connectivity index (χ1) is 12.7. The molecule has 0 spiro atoms. The minimum atomic E-state index is -0.333. The lowest BCUT2D eigenvalue weighted by molar-refractivity contribution is 0.0928. The van der Waals surface area contributed by atoms with Crippen LogP contribution in [0.15, 0.2) is 48.9 Å². The Morgan fingerprint density at radius 2 is 1.92 bits per heavy atom. The van der Waals surface area contributed by atoms with Gasteiger partial charge in [-0.3, -0.25) is 4.79 Å². The molecule has 0 saturated heterocycles. The SMILES string of the molecule is Nc1nccnc1C(=O)N[C@@H]1CCCc2nc(-c3ccccc3)ncc21. The van der Waals surface area contributed by atoms with Crippen LogP contribution in [0.3, 0.4) is 0 Å². The van der Waals surface area contributed by atoms with E-state index in [4.69, 9.17) is 10.7 Å². The van der Waals surface area contributed by atoms with Gasteiger partial charge in [-0.1, -0.05) is 30.3 Å². The summed E-state index contributed by atoms with van der Waals surface area (Å²) in [6.07, 6.45) is 7.37. The van der Waals surface area contributed by atoms with Gasteiger partial charge in [0.15, 0.2) is 17.3 Å². The van der Waals surface area contributed by atoms with E-state index in [0.717, 1.165) is 36.1 Å². The van der Waals surface area contributed by atoms with E-state index in [2.05, 4.69) is 20.3 Å². The zero-order chi connectivity index (χ0) is 17.9. The molecule has 7 heteroatoms. The van der Waals surface area contributed by atoms with Crippen LogP contribution in [0.4, 0.5) is 5.82 Å². The van der Waals surface area contributed by atoms with Crippen molar-refractivity contribution in [2.45, 2.75) is 25.3 Å². The maximum Gasteiger partial charge on any atom is 0.274 e. The molecule has 0 fully saturated rings. The van der Waals surface area contributed by atoms with E-state index < -0.39 is 0 Å². The Morgan fingerprint density at radius 1 is 1.12 bits per heavy atom. The summed E-state index contributed by atoms with van der Waals surface area (Å²) in [7, 11) is 0. The Labute approximate surface area is 150 Å². The predicted molar refractivity (Wildman–Crippen MR) is 97.1 cm³/mol. The second kappa shape index (κ2) is 6.87. The summed E-state index contributed by atoms with van der Waals surface area (Å²) in [5, 5.41) is 2.99. The van der Waals surface area contributed by atoms with Crippen LogP contribution in [0.25, 0.3) is 11.4 Å². The number of aromatic nitrogens is 4. The van der Waals surface area contributed by atoms with E-state index in [-0.39, 0.29) is 23.5 Å². The first-order valence-corrected chi connectivity index (χ1v) is 8.51. The van der Waals surface area contributed by atoms with Gasteiger partial charge in [-0.2, -0.15) is 0 Å². The Hall–Kier alpha value is -3.35. The predicted octanol–water partition coefficient (Wildman–Crippen LogP) is 2.32. The van der Waals surface area contributed by atoms with Crippen molar-refractivity contribution in [3.63, 3.8) is 0 Å². The summed E-state index contributed by atoms with van der Waals surface area (Å²) < 4.78 is 0. The molecule has 0 radical (unpaired) electrons. The van der Waals surface area contributed by atoms with Crippen molar-refractivity contribution in [3.8, 4) is 11.4 Å². The van der Waals surface area contributed by atoms with Crippen LogP contribution in [0.1, 0.15) is 40.6 Å². The van der Waals surface area contributed by atoms with E-state index in [0.29, 0.717) is 5.82 Å². The van der Waals surface area contributed by atoms with E-state index in [9.17, 15) is 4.79 Å². The van der Waals surface area contributed by atoms with Gasteiger partial charge in [-0.15, -0.1) is 0 Å². The Bertz CT molecular complexity index is 944. The van der Waals surface area contributed by atoms with Gasteiger partial charge in [0.2, 0.25) is 0 Å². The molecule has 1 aromatic carbocycles.